The van der Waals surface area contributed by atoms with Crippen molar-refractivity contribution < 1.29 is 19.7 Å². The second-order valence-electron chi connectivity index (χ2n) is 9.19. The van der Waals surface area contributed by atoms with Crippen LogP contribution in [0.2, 0.25) is 0 Å². The van der Waals surface area contributed by atoms with Gasteiger partial charge in [0.25, 0.3) is 0 Å². The Bertz CT molecular complexity index is 1390. The molecule has 0 atom stereocenters. The predicted molar refractivity (Wildman–Crippen MR) is 140 cm³/mol. The quantitative estimate of drug-likeness (QED) is 0.354. The molecule has 3 aromatic carbocycles. The maximum atomic E-state index is 10.5. The first-order chi connectivity index (χ1) is 16.2. The number of rotatable bonds is 3. The Morgan fingerprint density at radius 3 is 2.62 bits per heavy atom. The lowest BCUT2D eigenvalue weighted by atomic mass is 9.82. The van der Waals surface area contributed by atoms with E-state index in [1.165, 1.54) is 0 Å². The molecule has 0 amide bonds. The van der Waals surface area contributed by atoms with Gasteiger partial charge in [-0.2, -0.15) is 0 Å². The molecule has 5 nitrogen and oxygen atoms in total. The van der Waals surface area contributed by atoms with Crippen molar-refractivity contribution in [3.8, 4) is 28.4 Å². The molecule has 0 saturated heterocycles. The van der Waals surface area contributed by atoms with Crippen LogP contribution >= 0.6 is 15.9 Å². The zero-order valence-electron chi connectivity index (χ0n) is 19.5. The molecule has 0 bridgehead atoms. The number of halogens is 1. The summed E-state index contributed by atoms with van der Waals surface area (Å²) in [5, 5.41) is 24.0. The summed E-state index contributed by atoms with van der Waals surface area (Å²) in [7, 11) is 1.54. The van der Waals surface area contributed by atoms with Gasteiger partial charge in [-0.25, -0.2) is 0 Å². The van der Waals surface area contributed by atoms with Crippen LogP contribution in [-0.2, 0) is 6.61 Å². The van der Waals surface area contributed by atoms with E-state index in [0.717, 1.165) is 43.6 Å². The molecule has 3 N–H and O–H groups in total. The Hall–Kier alpha value is -3.22. The number of phenols is 1. The van der Waals surface area contributed by atoms with Crippen LogP contribution in [0.1, 0.15) is 43.0 Å². The van der Waals surface area contributed by atoms with Crippen LogP contribution in [0.3, 0.4) is 0 Å². The second kappa shape index (κ2) is 8.22. The Morgan fingerprint density at radius 1 is 1.09 bits per heavy atom. The van der Waals surface area contributed by atoms with E-state index in [9.17, 15) is 10.2 Å². The van der Waals surface area contributed by atoms with E-state index in [-0.39, 0.29) is 17.9 Å². The summed E-state index contributed by atoms with van der Waals surface area (Å²) in [4.78, 5) is 0. The monoisotopic (exact) mass is 519 g/mol. The number of aliphatic hydroxyl groups excluding tert-OH is 1. The van der Waals surface area contributed by atoms with Gasteiger partial charge in [-0.15, -0.1) is 0 Å². The molecule has 174 valence electrons. The van der Waals surface area contributed by atoms with Crippen LogP contribution in [0.4, 0.5) is 5.69 Å². The van der Waals surface area contributed by atoms with Gasteiger partial charge in [0.05, 0.1) is 24.8 Å². The Balaban J connectivity index is 1.85. The number of aliphatic hydroxyl groups is 1. The van der Waals surface area contributed by atoms with E-state index in [0.29, 0.717) is 22.8 Å². The third kappa shape index (κ3) is 3.67. The number of allylic oxidation sites excluding steroid dienone is 1. The molecule has 0 spiro atoms. The van der Waals surface area contributed by atoms with Crippen LogP contribution < -0.4 is 14.8 Å². The maximum absolute atomic E-state index is 10.5. The van der Waals surface area contributed by atoms with Crippen molar-refractivity contribution in [2.45, 2.75) is 32.9 Å². The average molecular weight is 520 g/mol. The van der Waals surface area contributed by atoms with Gasteiger partial charge in [-0.05, 0) is 73.9 Å². The van der Waals surface area contributed by atoms with Crippen LogP contribution in [0.25, 0.3) is 28.5 Å². The molecule has 0 unspecified atom stereocenters. The molecule has 34 heavy (non-hydrogen) atoms. The third-order valence-electron chi connectivity index (χ3n) is 6.24. The number of fused-ring (bicyclic) bond motifs is 5. The first kappa shape index (κ1) is 22.6. The van der Waals surface area contributed by atoms with Crippen molar-refractivity contribution in [2.75, 3.05) is 12.4 Å². The number of hydrogen-bond acceptors (Lipinski definition) is 5. The SMILES string of the molecule is COc1c(O)ccc2c1-c1ccc3c(c1/C(=C/c1cc(Br)ccc1CO)O2)C(C)=CC(C)(C)N3. The Morgan fingerprint density at radius 2 is 1.88 bits per heavy atom. The van der Waals surface area contributed by atoms with Crippen LogP contribution in [0.15, 0.2) is 53.0 Å². The fraction of sp³-hybridized carbons (Fsp3) is 0.214. The van der Waals surface area contributed by atoms with Crippen molar-refractivity contribution in [1.29, 1.82) is 0 Å². The summed E-state index contributed by atoms with van der Waals surface area (Å²) in [6, 6.07) is 13.2. The molecule has 0 fully saturated rings. The number of benzene rings is 3. The lowest BCUT2D eigenvalue weighted by Crippen LogP contribution is -2.32. The summed E-state index contributed by atoms with van der Waals surface area (Å²) in [5.41, 5.74) is 7.19. The van der Waals surface area contributed by atoms with Gasteiger partial charge in [-0.3, -0.25) is 0 Å². The van der Waals surface area contributed by atoms with E-state index in [1.54, 1.807) is 19.2 Å². The first-order valence-corrected chi connectivity index (χ1v) is 11.9. The topological polar surface area (TPSA) is 71.0 Å². The van der Waals surface area contributed by atoms with Gasteiger partial charge in [0.15, 0.2) is 11.5 Å². The van der Waals surface area contributed by atoms with Gasteiger partial charge in [0.2, 0.25) is 0 Å². The van der Waals surface area contributed by atoms with E-state index in [4.69, 9.17) is 9.47 Å². The smallest absolute Gasteiger partial charge is 0.172 e. The van der Waals surface area contributed by atoms with Gasteiger partial charge in [0, 0.05) is 26.9 Å². The van der Waals surface area contributed by atoms with Crippen LogP contribution in [-0.4, -0.2) is 22.9 Å². The summed E-state index contributed by atoms with van der Waals surface area (Å²) in [5.74, 6) is 1.69. The number of hydrogen-bond donors (Lipinski definition) is 3. The summed E-state index contributed by atoms with van der Waals surface area (Å²) in [6.45, 7) is 6.29. The molecule has 0 aliphatic carbocycles. The Labute approximate surface area is 207 Å². The minimum absolute atomic E-state index is 0.0574. The molecule has 0 saturated carbocycles. The lowest BCUT2D eigenvalue weighted by Gasteiger charge is -2.35. The maximum Gasteiger partial charge on any atom is 0.172 e. The molecule has 2 heterocycles. The van der Waals surface area contributed by atoms with Crippen molar-refractivity contribution in [3.05, 3.63) is 75.3 Å². The zero-order valence-corrected chi connectivity index (χ0v) is 21.1. The normalized spacial score (nSPS) is 16.5. The molecule has 0 radical (unpaired) electrons. The van der Waals surface area contributed by atoms with Gasteiger partial charge in [-0.1, -0.05) is 34.1 Å². The average Bonchev–Trinajstić information content (AvgIpc) is 2.78. The number of anilines is 1. The number of aromatic hydroxyl groups is 1. The highest BCUT2D eigenvalue weighted by molar-refractivity contribution is 9.10. The van der Waals surface area contributed by atoms with E-state index in [1.807, 2.05) is 30.3 Å². The highest BCUT2D eigenvalue weighted by Crippen LogP contribution is 2.54. The van der Waals surface area contributed by atoms with E-state index < -0.39 is 0 Å². The van der Waals surface area contributed by atoms with Crippen LogP contribution in [0, 0.1) is 0 Å². The van der Waals surface area contributed by atoms with Crippen molar-refractivity contribution in [2.24, 2.45) is 0 Å². The molecule has 3 aromatic rings. The van der Waals surface area contributed by atoms with Gasteiger partial charge < -0.3 is 25.0 Å². The van der Waals surface area contributed by atoms with Crippen molar-refractivity contribution >= 4 is 39.0 Å². The molecular formula is C28H26BrNO4. The van der Waals surface area contributed by atoms with Crippen LogP contribution in [0.5, 0.6) is 17.2 Å². The van der Waals surface area contributed by atoms with E-state index in [2.05, 4.69) is 54.2 Å². The summed E-state index contributed by atoms with van der Waals surface area (Å²) >= 11 is 3.54. The number of phenolic OH excluding ortho intramolecular Hbond substituents is 1. The predicted octanol–water partition coefficient (Wildman–Crippen LogP) is 6.82. The highest BCUT2D eigenvalue weighted by Gasteiger charge is 2.33. The van der Waals surface area contributed by atoms with Gasteiger partial charge >= 0.3 is 0 Å². The number of ether oxygens (including phenoxy) is 2. The summed E-state index contributed by atoms with van der Waals surface area (Å²) < 4.78 is 13.0. The second-order valence-corrected chi connectivity index (χ2v) is 10.1. The molecule has 6 heteroatoms. The molecular weight excluding hydrogens is 494 g/mol. The number of nitrogens with one attached hydrogen (secondary N) is 1. The molecule has 2 aliphatic heterocycles. The Kier molecular flexibility index (Phi) is 5.46. The standard InChI is InChI=1S/C28H26BrNO4/c1-15-13-28(2,3)30-20-8-7-19-25(24(15)20)23(12-17-11-18(29)6-5-16(17)14-31)34-22-10-9-21(32)27(33-4)26(19)22/h5-13,30-32H,14H2,1-4H3/b23-12-. The molecule has 0 aromatic heterocycles. The first-order valence-electron chi connectivity index (χ1n) is 11.1. The fourth-order valence-corrected chi connectivity index (χ4v) is 5.31. The number of methoxy groups -OCH3 is 1. The van der Waals surface area contributed by atoms with Gasteiger partial charge in [0.1, 0.15) is 11.5 Å². The van der Waals surface area contributed by atoms with Crippen molar-refractivity contribution in [3.63, 3.8) is 0 Å². The minimum Gasteiger partial charge on any atom is -0.504 e. The van der Waals surface area contributed by atoms with Crippen molar-refractivity contribution in [1.82, 2.24) is 0 Å². The minimum atomic E-state index is -0.188. The fourth-order valence-electron chi connectivity index (χ4n) is 4.93. The molecule has 2 aliphatic rings. The third-order valence-corrected chi connectivity index (χ3v) is 6.73. The summed E-state index contributed by atoms with van der Waals surface area (Å²) in [6.07, 6.45) is 4.17. The van der Waals surface area contributed by atoms with E-state index >= 15 is 0 Å². The largest absolute Gasteiger partial charge is 0.504 e. The zero-order chi connectivity index (χ0) is 24.2. The molecule has 5 rings (SSSR count). The highest BCUT2D eigenvalue weighted by atomic mass is 79.9. The lowest BCUT2D eigenvalue weighted by molar-refractivity contribution is 0.281.